The number of nitrogen functional groups attached to an aromatic ring is 1. The molecule has 0 aromatic carbocycles. The van der Waals surface area contributed by atoms with Gasteiger partial charge in [-0.1, -0.05) is 13.8 Å². The summed E-state index contributed by atoms with van der Waals surface area (Å²) in [5, 5.41) is 9.02. The highest BCUT2D eigenvalue weighted by molar-refractivity contribution is 5.87. The Kier molecular flexibility index (Phi) is 3.64. The van der Waals surface area contributed by atoms with Crippen LogP contribution in [0.15, 0.2) is 12.1 Å². The second kappa shape index (κ2) is 5.07. The average Bonchev–Trinajstić information content (AvgIpc) is 2.51. The van der Waals surface area contributed by atoms with E-state index in [1.54, 1.807) is 6.07 Å². The van der Waals surface area contributed by atoms with Gasteiger partial charge >= 0.3 is 5.97 Å². The van der Waals surface area contributed by atoms with E-state index in [2.05, 4.69) is 23.7 Å². The van der Waals surface area contributed by atoms with Crippen LogP contribution >= 0.6 is 0 Å². The van der Waals surface area contributed by atoms with Crippen LogP contribution in [0.3, 0.4) is 0 Å². The number of carboxylic acids is 1. The van der Waals surface area contributed by atoms with Crippen molar-refractivity contribution in [2.75, 3.05) is 23.7 Å². The predicted octanol–water partition coefficient (Wildman–Crippen LogP) is 2.38. The van der Waals surface area contributed by atoms with E-state index in [-0.39, 0.29) is 5.69 Å². The van der Waals surface area contributed by atoms with E-state index in [1.807, 2.05) is 0 Å². The Hall–Kier alpha value is -1.78. The topological polar surface area (TPSA) is 79.5 Å². The van der Waals surface area contributed by atoms with Crippen LogP contribution in [0.5, 0.6) is 0 Å². The molecule has 104 valence electrons. The maximum Gasteiger partial charge on any atom is 0.354 e. The van der Waals surface area contributed by atoms with Crippen molar-refractivity contribution in [3.05, 3.63) is 17.8 Å². The summed E-state index contributed by atoms with van der Waals surface area (Å²) in [6.45, 7) is 6.28. The van der Waals surface area contributed by atoms with Crippen LogP contribution in [0.1, 0.15) is 43.6 Å². The number of hydrogen-bond donors (Lipinski definition) is 2. The third kappa shape index (κ3) is 3.16. The normalized spacial score (nSPS) is 18.9. The lowest BCUT2D eigenvalue weighted by atomic mass is 9.85. The Labute approximate surface area is 113 Å². The molecule has 1 aromatic rings. The summed E-state index contributed by atoms with van der Waals surface area (Å²) in [6.07, 6.45) is 3.30. The monoisotopic (exact) mass is 263 g/mol. The lowest BCUT2D eigenvalue weighted by Gasteiger charge is -2.25. The molecule has 2 heterocycles. The standard InChI is InChI=1S/C14H21N3O2/c1-14(2)6-3-8-17(9-7-14)12-10(15)4-5-11(16-12)13(18)19/h4-5H,3,6-9,15H2,1-2H3,(H,18,19). The second-order valence-corrected chi connectivity index (χ2v) is 5.92. The van der Waals surface area contributed by atoms with E-state index < -0.39 is 5.97 Å². The number of nitrogens with two attached hydrogens (primary N) is 1. The van der Waals surface area contributed by atoms with Crippen LogP contribution in [0, 0.1) is 5.41 Å². The highest BCUT2D eigenvalue weighted by Crippen LogP contribution is 2.32. The molecule has 0 bridgehead atoms. The van der Waals surface area contributed by atoms with Crippen LogP contribution in [-0.4, -0.2) is 29.1 Å². The zero-order valence-electron chi connectivity index (χ0n) is 11.5. The summed E-state index contributed by atoms with van der Waals surface area (Å²) < 4.78 is 0. The summed E-state index contributed by atoms with van der Waals surface area (Å²) in [5.41, 5.74) is 6.86. The summed E-state index contributed by atoms with van der Waals surface area (Å²) >= 11 is 0. The molecular weight excluding hydrogens is 242 g/mol. The van der Waals surface area contributed by atoms with Crippen LogP contribution < -0.4 is 10.6 Å². The van der Waals surface area contributed by atoms with Crippen LogP contribution in [-0.2, 0) is 0 Å². The number of aromatic nitrogens is 1. The van der Waals surface area contributed by atoms with Crippen LogP contribution in [0.4, 0.5) is 11.5 Å². The smallest absolute Gasteiger partial charge is 0.354 e. The molecule has 0 unspecified atom stereocenters. The molecule has 2 rings (SSSR count). The van der Waals surface area contributed by atoms with Gasteiger partial charge in [-0.3, -0.25) is 0 Å². The number of pyridine rings is 1. The molecular formula is C14H21N3O2. The first-order chi connectivity index (χ1) is 8.89. The lowest BCUT2D eigenvalue weighted by molar-refractivity contribution is 0.0690. The third-order valence-electron chi connectivity index (χ3n) is 3.76. The Morgan fingerprint density at radius 2 is 2.11 bits per heavy atom. The van der Waals surface area contributed by atoms with E-state index in [0.29, 0.717) is 16.9 Å². The van der Waals surface area contributed by atoms with Gasteiger partial charge in [0.2, 0.25) is 0 Å². The van der Waals surface area contributed by atoms with Gasteiger partial charge in [0, 0.05) is 13.1 Å². The minimum atomic E-state index is -1.02. The van der Waals surface area contributed by atoms with Gasteiger partial charge in [-0.15, -0.1) is 0 Å². The summed E-state index contributed by atoms with van der Waals surface area (Å²) in [5.74, 6) is -0.408. The highest BCUT2D eigenvalue weighted by Gasteiger charge is 2.24. The molecule has 0 atom stereocenters. The van der Waals surface area contributed by atoms with Crippen molar-refractivity contribution in [2.45, 2.75) is 33.1 Å². The van der Waals surface area contributed by atoms with Crippen molar-refractivity contribution < 1.29 is 9.90 Å². The third-order valence-corrected chi connectivity index (χ3v) is 3.76. The molecule has 0 aliphatic carbocycles. The minimum Gasteiger partial charge on any atom is -0.477 e. The molecule has 5 nitrogen and oxygen atoms in total. The fourth-order valence-electron chi connectivity index (χ4n) is 2.47. The molecule has 5 heteroatoms. The van der Waals surface area contributed by atoms with Gasteiger partial charge in [0.1, 0.15) is 0 Å². The Balaban J connectivity index is 2.25. The first-order valence-corrected chi connectivity index (χ1v) is 6.64. The highest BCUT2D eigenvalue weighted by atomic mass is 16.4. The predicted molar refractivity (Wildman–Crippen MR) is 75.5 cm³/mol. The van der Waals surface area contributed by atoms with Crippen LogP contribution in [0.2, 0.25) is 0 Å². The summed E-state index contributed by atoms with van der Waals surface area (Å²) in [4.78, 5) is 17.3. The average molecular weight is 263 g/mol. The van der Waals surface area contributed by atoms with Crippen molar-refractivity contribution >= 4 is 17.5 Å². The lowest BCUT2D eigenvalue weighted by Crippen LogP contribution is -2.27. The number of hydrogen-bond acceptors (Lipinski definition) is 4. The second-order valence-electron chi connectivity index (χ2n) is 5.92. The first kappa shape index (κ1) is 13.6. The Morgan fingerprint density at radius 3 is 2.79 bits per heavy atom. The van der Waals surface area contributed by atoms with Crippen molar-refractivity contribution in [3.8, 4) is 0 Å². The Bertz CT molecular complexity index is 486. The number of anilines is 2. The van der Waals surface area contributed by atoms with Gasteiger partial charge in [-0.2, -0.15) is 0 Å². The zero-order chi connectivity index (χ0) is 14.0. The minimum absolute atomic E-state index is 0.0488. The molecule has 1 aromatic heterocycles. The number of carboxylic acid groups (broad SMARTS) is 1. The van der Waals surface area contributed by atoms with Gasteiger partial charge in [-0.25, -0.2) is 9.78 Å². The van der Waals surface area contributed by atoms with Gasteiger partial charge < -0.3 is 15.7 Å². The van der Waals surface area contributed by atoms with Crippen molar-refractivity contribution in [1.29, 1.82) is 0 Å². The summed E-state index contributed by atoms with van der Waals surface area (Å²) in [6, 6.07) is 3.07. The SMILES string of the molecule is CC1(C)CCCN(c2nc(C(=O)O)ccc2N)CC1. The molecule has 0 spiro atoms. The number of carbonyl (C=O) groups is 1. The maximum absolute atomic E-state index is 11.0. The molecule has 1 aliphatic rings. The van der Waals surface area contributed by atoms with E-state index in [4.69, 9.17) is 10.8 Å². The molecule has 0 saturated carbocycles. The number of nitrogens with zero attached hydrogens (tertiary/aromatic N) is 2. The van der Waals surface area contributed by atoms with Crippen molar-refractivity contribution in [1.82, 2.24) is 4.98 Å². The van der Waals surface area contributed by atoms with Gasteiger partial charge in [0.25, 0.3) is 0 Å². The number of aromatic carboxylic acids is 1. The summed E-state index contributed by atoms with van der Waals surface area (Å²) in [7, 11) is 0. The molecule has 19 heavy (non-hydrogen) atoms. The van der Waals surface area contributed by atoms with Gasteiger partial charge in [0.15, 0.2) is 11.5 Å². The van der Waals surface area contributed by atoms with E-state index in [1.165, 1.54) is 12.5 Å². The van der Waals surface area contributed by atoms with E-state index in [0.717, 1.165) is 25.9 Å². The molecule has 0 amide bonds. The fourth-order valence-corrected chi connectivity index (χ4v) is 2.47. The maximum atomic E-state index is 11.0. The largest absolute Gasteiger partial charge is 0.477 e. The molecule has 1 saturated heterocycles. The number of rotatable bonds is 2. The fraction of sp³-hybridized carbons (Fsp3) is 0.571. The first-order valence-electron chi connectivity index (χ1n) is 6.64. The van der Waals surface area contributed by atoms with Crippen molar-refractivity contribution in [3.63, 3.8) is 0 Å². The van der Waals surface area contributed by atoms with Gasteiger partial charge in [0.05, 0.1) is 5.69 Å². The zero-order valence-corrected chi connectivity index (χ0v) is 11.5. The molecule has 1 fully saturated rings. The van der Waals surface area contributed by atoms with Gasteiger partial charge in [-0.05, 0) is 36.8 Å². The Morgan fingerprint density at radius 1 is 1.37 bits per heavy atom. The van der Waals surface area contributed by atoms with Crippen LogP contribution in [0.25, 0.3) is 0 Å². The molecule has 0 radical (unpaired) electrons. The van der Waals surface area contributed by atoms with E-state index >= 15 is 0 Å². The quantitative estimate of drug-likeness (QED) is 0.856. The molecule has 1 aliphatic heterocycles. The molecule has 3 N–H and O–H groups in total. The van der Waals surface area contributed by atoms with E-state index in [9.17, 15) is 4.79 Å². The van der Waals surface area contributed by atoms with Crippen molar-refractivity contribution in [2.24, 2.45) is 5.41 Å².